The molecule has 3 heteroatoms. The van der Waals surface area contributed by atoms with Crippen molar-refractivity contribution >= 4 is 23.4 Å². The smallest absolute Gasteiger partial charge is 0.0408 e. The lowest BCUT2D eigenvalue weighted by Crippen LogP contribution is -2.45. The normalized spacial score (nSPS) is 23.8. The largest absolute Gasteiger partial charge is 0.313 e. The molecule has 18 heavy (non-hydrogen) atoms. The van der Waals surface area contributed by atoms with E-state index < -0.39 is 0 Å². The molecule has 1 aromatic rings. The Hall–Kier alpha value is -0.180. The van der Waals surface area contributed by atoms with Gasteiger partial charge in [0.05, 0.1) is 0 Å². The van der Waals surface area contributed by atoms with Gasteiger partial charge in [0.2, 0.25) is 0 Å². The first-order chi connectivity index (χ1) is 8.50. The van der Waals surface area contributed by atoms with Gasteiger partial charge >= 0.3 is 0 Å². The van der Waals surface area contributed by atoms with E-state index in [1.54, 1.807) is 0 Å². The van der Waals surface area contributed by atoms with Crippen LogP contribution in [-0.4, -0.2) is 23.6 Å². The minimum Gasteiger partial charge on any atom is -0.313 e. The minimum absolute atomic E-state index is 0.334. The Kier molecular flexibility index (Phi) is 4.63. The molecule has 0 spiro atoms. The maximum atomic E-state index is 6.03. The van der Waals surface area contributed by atoms with Crippen LogP contribution in [0.15, 0.2) is 24.3 Å². The van der Waals surface area contributed by atoms with E-state index in [-0.39, 0.29) is 0 Å². The van der Waals surface area contributed by atoms with E-state index in [9.17, 15) is 0 Å². The van der Waals surface area contributed by atoms with E-state index >= 15 is 0 Å². The average molecular weight is 284 g/mol. The monoisotopic (exact) mass is 283 g/mol. The third-order valence-electron chi connectivity index (χ3n) is 3.83. The SMILES string of the molecule is CSC(C)(C)CNC1CC(c2cccc(Cl)c2)C1. The van der Waals surface area contributed by atoms with Gasteiger partial charge in [-0.1, -0.05) is 23.7 Å². The summed E-state index contributed by atoms with van der Waals surface area (Å²) in [5.74, 6) is 0.693. The van der Waals surface area contributed by atoms with Gasteiger partial charge in [-0.05, 0) is 56.6 Å². The number of benzene rings is 1. The van der Waals surface area contributed by atoms with Crippen molar-refractivity contribution in [3.8, 4) is 0 Å². The van der Waals surface area contributed by atoms with E-state index in [4.69, 9.17) is 11.6 Å². The average Bonchev–Trinajstić information content (AvgIpc) is 2.27. The van der Waals surface area contributed by atoms with E-state index in [1.807, 2.05) is 17.8 Å². The zero-order valence-corrected chi connectivity index (χ0v) is 12.9. The third-order valence-corrected chi connectivity index (χ3v) is 5.31. The Morgan fingerprint density at radius 2 is 2.11 bits per heavy atom. The second-order valence-corrected chi connectivity index (χ2v) is 7.71. The Labute approximate surface area is 120 Å². The summed E-state index contributed by atoms with van der Waals surface area (Å²) in [7, 11) is 0. The number of thioether (sulfide) groups is 1. The lowest BCUT2D eigenvalue weighted by molar-refractivity contribution is 0.286. The molecule has 1 N–H and O–H groups in total. The molecule has 1 aliphatic rings. The van der Waals surface area contributed by atoms with Crippen LogP contribution in [-0.2, 0) is 0 Å². The molecule has 0 radical (unpaired) electrons. The Morgan fingerprint density at radius 1 is 1.39 bits per heavy atom. The molecule has 0 saturated heterocycles. The van der Waals surface area contributed by atoms with Gasteiger partial charge in [0.25, 0.3) is 0 Å². The molecule has 1 aliphatic carbocycles. The number of nitrogens with one attached hydrogen (secondary N) is 1. The molecule has 0 amide bonds. The predicted molar refractivity (Wildman–Crippen MR) is 82.8 cm³/mol. The molecule has 100 valence electrons. The third kappa shape index (κ3) is 3.66. The van der Waals surface area contributed by atoms with Gasteiger partial charge in [-0.3, -0.25) is 0 Å². The van der Waals surface area contributed by atoms with Crippen LogP contribution < -0.4 is 5.32 Å². The first-order valence-electron chi connectivity index (χ1n) is 6.54. The van der Waals surface area contributed by atoms with Crippen molar-refractivity contribution in [2.75, 3.05) is 12.8 Å². The molecule has 2 rings (SSSR count). The summed E-state index contributed by atoms with van der Waals surface area (Å²) in [4.78, 5) is 0. The Bertz CT molecular complexity index is 399. The second-order valence-electron chi connectivity index (χ2n) is 5.76. The van der Waals surface area contributed by atoms with Gasteiger partial charge in [0, 0.05) is 22.4 Å². The van der Waals surface area contributed by atoms with Crippen molar-refractivity contribution in [3.63, 3.8) is 0 Å². The van der Waals surface area contributed by atoms with Crippen molar-refractivity contribution in [2.45, 2.75) is 43.4 Å². The van der Waals surface area contributed by atoms with Gasteiger partial charge in [0.15, 0.2) is 0 Å². The van der Waals surface area contributed by atoms with E-state index in [0.29, 0.717) is 16.7 Å². The molecule has 0 bridgehead atoms. The van der Waals surface area contributed by atoms with Crippen LogP contribution in [0.5, 0.6) is 0 Å². The van der Waals surface area contributed by atoms with Crippen LogP contribution >= 0.6 is 23.4 Å². The number of hydrogen-bond acceptors (Lipinski definition) is 2. The minimum atomic E-state index is 0.334. The van der Waals surface area contributed by atoms with Gasteiger partial charge in [-0.2, -0.15) is 11.8 Å². The Balaban J connectivity index is 1.77. The molecule has 0 atom stereocenters. The van der Waals surface area contributed by atoms with Crippen molar-refractivity contribution in [1.29, 1.82) is 0 Å². The highest BCUT2D eigenvalue weighted by atomic mass is 35.5. The molecule has 0 unspecified atom stereocenters. The lowest BCUT2D eigenvalue weighted by atomic mass is 9.76. The fourth-order valence-corrected chi connectivity index (χ4v) is 2.71. The van der Waals surface area contributed by atoms with E-state index in [0.717, 1.165) is 11.6 Å². The number of rotatable bonds is 5. The molecular weight excluding hydrogens is 262 g/mol. The van der Waals surface area contributed by atoms with Gasteiger partial charge < -0.3 is 5.32 Å². The molecule has 0 aromatic heterocycles. The van der Waals surface area contributed by atoms with Crippen LogP contribution in [0.1, 0.15) is 38.2 Å². The molecular formula is C15H22ClNS. The van der Waals surface area contributed by atoms with Crippen LogP contribution in [0.3, 0.4) is 0 Å². The molecule has 1 saturated carbocycles. The summed E-state index contributed by atoms with van der Waals surface area (Å²) in [5, 5.41) is 4.52. The highest BCUT2D eigenvalue weighted by Crippen LogP contribution is 2.38. The van der Waals surface area contributed by atoms with Gasteiger partial charge in [-0.25, -0.2) is 0 Å². The van der Waals surface area contributed by atoms with Crippen molar-refractivity contribution in [1.82, 2.24) is 5.32 Å². The maximum absolute atomic E-state index is 6.03. The fraction of sp³-hybridized carbons (Fsp3) is 0.600. The summed E-state index contributed by atoms with van der Waals surface area (Å²) in [6.45, 7) is 5.66. The lowest BCUT2D eigenvalue weighted by Gasteiger charge is -2.38. The quantitative estimate of drug-likeness (QED) is 0.864. The first-order valence-corrected chi connectivity index (χ1v) is 8.14. The summed E-state index contributed by atoms with van der Waals surface area (Å²) in [6, 6.07) is 8.98. The van der Waals surface area contributed by atoms with Gasteiger partial charge in [-0.15, -0.1) is 0 Å². The Morgan fingerprint density at radius 3 is 2.72 bits per heavy atom. The fourth-order valence-electron chi connectivity index (χ4n) is 2.28. The predicted octanol–water partition coefficient (Wildman–Crippen LogP) is 4.32. The summed E-state index contributed by atoms with van der Waals surface area (Å²) >= 11 is 7.95. The van der Waals surface area contributed by atoms with Crippen LogP contribution in [0.25, 0.3) is 0 Å². The molecule has 1 fully saturated rings. The van der Waals surface area contributed by atoms with Crippen molar-refractivity contribution in [3.05, 3.63) is 34.9 Å². The maximum Gasteiger partial charge on any atom is 0.0408 e. The van der Waals surface area contributed by atoms with Crippen LogP contribution in [0, 0.1) is 0 Å². The molecule has 0 heterocycles. The van der Waals surface area contributed by atoms with Crippen LogP contribution in [0.4, 0.5) is 0 Å². The highest BCUT2D eigenvalue weighted by Gasteiger charge is 2.31. The molecule has 0 aliphatic heterocycles. The summed E-state index contributed by atoms with van der Waals surface area (Å²) < 4.78 is 0.334. The van der Waals surface area contributed by atoms with E-state index in [1.165, 1.54) is 18.4 Å². The summed E-state index contributed by atoms with van der Waals surface area (Å²) in [6.07, 6.45) is 4.66. The topological polar surface area (TPSA) is 12.0 Å². The van der Waals surface area contributed by atoms with Gasteiger partial charge in [0.1, 0.15) is 0 Å². The van der Waals surface area contributed by atoms with Crippen molar-refractivity contribution < 1.29 is 0 Å². The molecule has 1 nitrogen and oxygen atoms in total. The zero-order chi connectivity index (χ0) is 13.2. The van der Waals surface area contributed by atoms with Crippen LogP contribution in [0.2, 0.25) is 5.02 Å². The molecule has 1 aromatic carbocycles. The highest BCUT2D eigenvalue weighted by molar-refractivity contribution is 7.99. The zero-order valence-electron chi connectivity index (χ0n) is 11.4. The summed E-state index contributed by atoms with van der Waals surface area (Å²) in [5.41, 5.74) is 1.39. The van der Waals surface area contributed by atoms with E-state index in [2.05, 4.69) is 43.6 Å². The second kappa shape index (κ2) is 5.85. The number of halogens is 1. The van der Waals surface area contributed by atoms with Crippen molar-refractivity contribution in [2.24, 2.45) is 0 Å². The standard InChI is InChI=1S/C15H22ClNS/c1-15(2,18-3)10-17-14-8-12(9-14)11-5-4-6-13(16)7-11/h4-7,12,14,17H,8-10H2,1-3H3. The number of hydrogen-bond donors (Lipinski definition) is 1. The first kappa shape index (κ1) is 14.2.